The molecule has 0 saturated carbocycles. The van der Waals surface area contributed by atoms with Gasteiger partial charge in [-0.25, -0.2) is 0 Å². The Morgan fingerprint density at radius 1 is 1.82 bits per heavy atom. The van der Waals surface area contributed by atoms with Crippen molar-refractivity contribution in [2.24, 2.45) is 7.05 Å². The molecule has 0 aliphatic rings. The zero-order valence-electron chi connectivity index (χ0n) is 6.47. The molecule has 0 saturated heterocycles. The summed E-state index contributed by atoms with van der Waals surface area (Å²) < 4.78 is 1.60. The summed E-state index contributed by atoms with van der Waals surface area (Å²) in [4.78, 5) is 10.9. The first kappa shape index (κ1) is 8.46. The lowest BCUT2D eigenvalue weighted by Crippen LogP contribution is -2.02. The molecule has 1 aromatic rings. The van der Waals surface area contributed by atoms with Crippen molar-refractivity contribution in [3.63, 3.8) is 0 Å². The van der Waals surface area contributed by atoms with Crippen molar-refractivity contribution in [1.82, 2.24) is 9.78 Å². The largest absolute Gasteiger partial charge is 0.293 e. The van der Waals surface area contributed by atoms with E-state index in [4.69, 9.17) is 0 Å². The van der Waals surface area contributed by atoms with E-state index in [1.54, 1.807) is 17.8 Å². The number of hydrogen-bond acceptors (Lipinski definition) is 2. The van der Waals surface area contributed by atoms with Crippen LogP contribution in [0.25, 0.3) is 0 Å². The van der Waals surface area contributed by atoms with Crippen LogP contribution in [-0.4, -0.2) is 15.6 Å². The normalized spacial score (nSPS) is 10.1. The van der Waals surface area contributed by atoms with Gasteiger partial charge in [-0.3, -0.25) is 9.48 Å². The number of halogens is 1. The van der Waals surface area contributed by atoms with Crippen LogP contribution in [0.2, 0.25) is 0 Å². The first-order valence-electron chi connectivity index (χ1n) is 3.25. The van der Waals surface area contributed by atoms with Crippen molar-refractivity contribution < 1.29 is 4.79 Å². The molecule has 0 atom stereocenters. The van der Waals surface area contributed by atoms with Crippen LogP contribution in [0.1, 0.15) is 23.1 Å². The number of aryl methyl sites for hydroxylation is 1. The summed E-state index contributed by atoms with van der Waals surface area (Å²) in [5, 5.41) is 4.79. The molecule has 11 heavy (non-hydrogen) atoms. The average molecular weight is 217 g/mol. The fraction of sp³-hybridized carbons (Fsp3) is 0.429. The van der Waals surface area contributed by atoms with E-state index in [0.717, 1.165) is 5.69 Å². The molecule has 0 bridgehead atoms. The molecule has 4 heteroatoms. The van der Waals surface area contributed by atoms with E-state index >= 15 is 0 Å². The van der Waals surface area contributed by atoms with Gasteiger partial charge in [0.25, 0.3) is 0 Å². The number of carbonyl (C=O) groups excluding carboxylic acids is 1. The van der Waals surface area contributed by atoms with Crippen LogP contribution >= 0.6 is 15.9 Å². The summed E-state index contributed by atoms with van der Waals surface area (Å²) in [5.41, 5.74) is 1.54. The molecule has 1 rings (SSSR count). The second-order valence-electron chi connectivity index (χ2n) is 2.33. The van der Waals surface area contributed by atoms with E-state index < -0.39 is 0 Å². The number of rotatable bonds is 2. The molecule has 0 aliphatic carbocycles. The molecule has 0 fully saturated rings. The van der Waals surface area contributed by atoms with Gasteiger partial charge in [-0.1, -0.05) is 15.9 Å². The second-order valence-corrected chi connectivity index (χ2v) is 2.90. The maximum atomic E-state index is 10.9. The van der Waals surface area contributed by atoms with Gasteiger partial charge in [0.2, 0.25) is 0 Å². The SMILES string of the molecule is CC(=O)c1cc(CBr)nn1C. The number of nitrogens with zero attached hydrogens (tertiary/aromatic N) is 2. The monoisotopic (exact) mass is 216 g/mol. The van der Waals surface area contributed by atoms with E-state index in [1.165, 1.54) is 6.92 Å². The molecule has 0 N–H and O–H groups in total. The lowest BCUT2D eigenvalue weighted by Gasteiger charge is -1.92. The Bertz CT molecular complexity index is 280. The molecule has 0 amide bonds. The Morgan fingerprint density at radius 3 is 2.73 bits per heavy atom. The van der Waals surface area contributed by atoms with Crippen molar-refractivity contribution in [1.29, 1.82) is 0 Å². The fourth-order valence-electron chi connectivity index (χ4n) is 0.921. The van der Waals surface area contributed by atoms with Gasteiger partial charge in [-0.05, 0) is 6.07 Å². The van der Waals surface area contributed by atoms with Gasteiger partial charge in [0.15, 0.2) is 5.78 Å². The Hall–Kier alpha value is -0.640. The molecule has 1 aromatic heterocycles. The highest BCUT2D eigenvalue weighted by molar-refractivity contribution is 9.08. The maximum Gasteiger partial charge on any atom is 0.177 e. The van der Waals surface area contributed by atoms with Crippen molar-refractivity contribution in [3.8, 4) is 0 Å². The Labute approximate surface area is 73.5 Å². The molecule has 0 unspecified atom stereocenters. The first-order chi connectivity index (χ1) is 5.15. The molecular weight excluding hydrogens is 208 g/mol. The van der Waals surface area contributed by atoms with Gasteiger partial charge in [0.05, 0.1) is 5.69 Å². The molecule has 1 heterocycles. The van der Waals surface area contributed by atoms with Crippen LogP contribution in [0, 0.1) is 0 Å². The van der Waals surface area contributed by atoms with Gasteiger partial charge >= 0.3 is 0 Å². The highest BCUT2D eigenvalue weighted by Crippen LogP contribution is 2.06. The summed E-state index contributed by atoms with van der Waals surface area (Å²) in [6.45, 7) is 1.54. The second kappa shape index (κ2) is 3.17. The van der Waals surface area contributed by atoms with Crippen molar-refractivity contribution >= 4 is 21.7 Å². The Balaban J connectivity index is 3.07. The molecule has 3 nitrogen and oxygen atoms in total. The lowest BCUT2D eigenvalue weighted by molar-refractivity contribution is 0.100. The number of hydrogen-bond donors (Lipinski definition) is 0. The minimum atomic E-state index is 0.0483. The van der Waals surface area contributed by atoms with Gasteiger partial charge in [0, 0.05) is 19.3 Å². The fourth-order valence-corrected chi connectivity index (χ4v) is 1.20. The third kappa shape index (κ3) is 1.68. The highest BCUT2D eigenvalue weighted by atomic mass is 79.9. The number of aromatic nitrogens is 2. The molecular formula is C7H9BrN2O. The first-order valence-corrected chi connectivity index (χ1v) is 4.37. The van der Waals surface area contributed by atoms with Crippen molar-refractivity contribution in [2.75, 3.05) is 0 Å². The third-order valence-electron chi connectivity index (χ3n) is 1.43. The smallest absolute Gasteiger partial charge is 0.177 e. The van der Waals surface area contributed by atoms with Gasteiger partial charge < -0.3 is 0 Å². The van der Waals surface area contributed by atoms with E-state index in [0.29, 0.717) is 11.0 Å². The van der Waals surface area contributed by atoms with E-state index in [1.807, 2.05) is 0 Å². The van der Waals surface area contributed by atoms with Crippen LogP contribution in [0.4, 0.5) is 0 Å². The standard InChI is InChI=1S/C7H9BrN2O/c1-5(11)7-3-6(4-8)9-10(7)2/h3H,4H2,1-2H3. The summed E-state index contributed by atoms with van der Waals surface area (Å²) in [6.07, 6.45) is 0. The Morgan fingerprint density at radius 2 is 2.45 bits per heavy atom. The van der Waals surface area contributed by atoms with Crippen molar-refractivity contribution in [3.05, 3.63) is 17.5 Å². The minimum absolute atomic E-state index is 0.0483. The molecule has 0 aromatic carbocycles. The minimum Gasteiger partial charge on any atom is -0.293 e. The third-order valence-corrected chi connectivity index (χ3v) is 2.00. The topological polar surface area (TPSA) is 34.9 Å². The zero-order chi connectivity index (χ0) is 8.43. The number of alkyl halides is 1. The van der Waals surface area contributed by atoms with Crippen LogP contribution in [0.5, 0.6) is 0 Å². The van der Waals surface area contributed by atoms with Gasteiger partial charge in [-0.15, -0.1) is 0 Å². The molecule has 60 valence electrons. The van der Waals surface area contributed by atoms with Gasteiger partial charge in [0.1, 0.15) is 5.69 Å². The maximum absolute atomic E-state index is 10.9. The van der Waals surface area contributed by atoms with Crippen LogP contribution in [0.3, 0.4) is 0 Å². The average Bonchev–Trinajstić information content (AvgIpc) is 2.30. The van der Waals surface area contributed by atoms with Crippen LogP contribution in [0.15, 0.2) is 6.07 Å². The van der Waals surface area contributed by atoms with E-state index in [9.17, 15) is 4.79 Å². The van der Waals surface area contributed by atoms with Gasteiger partial charge in [-0.2, -0.15) is 5.10 Å². The predicted molar refractivity (Wildman–Crippen MR) is 45.8 cm³/mol. The van der Waals surface area contributed by atoms with E-state index in [2.05, 4.69) is 21.0 Å². The number of carbonyl (C=O) groups is 1. The lowest BCUT2D eigenvalue weighted by atomic mass is 10.3. The zero-order valence-corrected chi connectivity index (χ0v) is 8.05. The predicted octanol–water partition coefficient (Wildman–Crippen LogP) is 1.52. The summed E-state index contributed by atoms with van der Waals surface area (Å²) >= 11 is 3.27. The van der Waals surface area contributed by atoms with E-state index in [-0.39, 0.29) is 5.78 Å². The quantitative estimate of drug-likeness (QED) is 0.556. The Kier molecular flexibility index (Phi) is 2.44. The highest BCUT2D eigenvalue weighted by Gasteiger charge is 2.06. The van der Waals surface area contributed by atoms with Crippen molar-refractivity contribution in [2.45, 2.75) is 12.3 Å². The van der Waals surface area contributed by atoms with Crippen LogP contribution < -0.4 is 0 Å². The molecule has 0 radical (unpaired) electrons. The number of ketones is 1. The number of Topliss-reactive ketones (excluding diaryl/α,β-unsaturated/α-hetero) is 1. The summed E-state index contributed by atoms with van der Waals surface area (Å²) in [7, 11) is 1.77. The molecule has 0 aliphatic heterocycles. The summed E-state index contributed by atoms with van der Waals surface area (Å²) in [6, 6.07) is 1.79. The molecule has 0 spiro atoms. The summed E-state index contributed by atoms with van der Waals surface area (Å²) in [5.74, 6) is 0.0483. The van der Waals surface area contributed by atoms with Crippen LogP contribution in [-0.2, 0) is 12.4 Å².